The monoisotopic (exact) mass is 263 g/mol. The number of amides is 1. The number of hydrogen-bond donors (Lipinski definition) is 1. The largest absolute Gasteiger partial charge is 0.396 e. The van der Waals surface area contributed by atoms with Gasteiger partial charge in [-0.3, -0.25) is 4.79 Å². The summed E-state index contributed by atoms with van der Waals surface area (Å²) in [6.45, 7) is 2.06. The molecule has 0 radical (unpaired) electrons. The van der Waals surface area contributed by atoms with Gasteiger partial charge < -0.3 is 10.0 Å². The summed E-state index contributed by atoms with van der Waals surface area (Å²) in [6, 6.07) is 0. The van der Waals surface area contributed by atoms with E-state index in [1.165, 1.54) is 0 Å². The third-order valence-corrected chi connectivity index (χ3v) is 3.42. The first-order valence-electron chi connectivity index (χ1n) is 5.29. The first-order valence-corrected chi connectivity index (χ1v) is 6.21. The minimum Gasteiger partial charge on any atom is -0.396 e. The molecule has 3 nitrogen and oxygen atoms in total. The second kappa shape index (κ2) is 6.40. The second-order valence-corrected chi connectivity index (χ2v) is 4.82. The standard InChI is InChI=1S/C10H18BrNO2/c11-9-5-7-12(10(9)14)6-3-1-2-4-8-13/h9,13H,1-8H2. The van der Waals surface area contributed by atoms with Crippen LogP contribution < -0.4 is 0 Å². The highest BCUT2D eigenvalue weighted by Crippen LogP contribution is 2.18. The Morgan fingerprint density at radius 1 is 1.36 bits per heavy atom. The SMILES string of the molecule is O=C1C(Br)CCN1CCCCCCO. The van der Waals surface area contributed by atoms with Crippen molar-refractivity contribution in [3.8, 4) is 0 Å². The number of halogens is 1. The third kappa shape index (κ3) is 3.58. The van der Waals surface area contributed by atoms with Gasteiger partial charge in [0, 0.05) is 19.7 Å². The molecule has 0 aliphatic carbocycles. The molecule has 0 saturated carbocycles. The normalized spacial score (nSPS) is 22.0. The van der Waals surface area contributed by atoms with E-state index in [1.54, 1.807) is 0 Å². The Morgan fingerprint density at radius 2 is 2.07 bits per heavy atom. The van der Waals surface area contributed by atoms with Crippen LogP contribution in [0.4, 0.5) is 0 Å². The molecule has 1 fully saturated rings. The third-order valence-electron chi connectivity index (χ3n) is 2.57. The van der Waals surface area contributed by atoms with E-state index < -0.39 is 0 Å². The van der Waals surface area contributed by atoms with Crippen molar-refractivity contribution in [2.45, 2.75) is 36.9 Å². The van der Waals surface area contributed by atoms with Crippen LogP contribution in [-0.4, -0.2) is 40.4 Å². The van der Waals surface area contributed by atoms with Crippen molar-refractivity contribution in [2.24, 2.45) is 0 Å². The minimum absolute atomic E-state index is 0.0555. The Balaban J connectivity index is 2.04. The Morgan fingerprint density at radius 3 is 2.64 bits per heavy atom. The smallest absolute Gasteiger partial charge is 0.236 e. The molecule has 1 N–H and O–H groups in total. The number of alkyl halides is 1. The lowest BCUT2D eigenvalue weighted by Crippen LogP contribution is -2.28. The molecule has 1 aliphatic rings. The lowest BCUT2D eigenvalue weighted by atomic mass is 10.2. The molecule has 1 rings (SSSR count). The Bertz CT molecular complexity index is 187. The summed E-state index contributed by atoms with van der Waals surface area (Å²) in [4.78, 5) is 13.4. The van der Waals surface area contributed by atoms with Crippen LogP contribution in [0.25, 0.3) is 0 Å². The van der Waals surface area contributed by atoms with Gasteiger partial charge in [-0.25, -0.2) is 0 Å². The van der Waals surface area contributed by atoms with E-state index in [-0.39, 0.29) is 17.3 Å². The van der Waals surface area contributed by atoms with E-state index in [0.29, 0.717) is 0 Å². The molecule has 1 saturated heterocycles. The maximum Gasteiger partial charge on any atom is 0.236 e. The maximum atomic E-state index is 11.5. The lowest BCUT2D eigenvalue weighted by Gasteiger charge is -2.15. The molecule has 0 aromatic heterocycles. The molecule has 1 amide bonds. The molecule has 82 valence electrons. The highest BCUT2D eigenvalue weighted by molar-refractivity contribution is 9.10. The zero-order valence-electron chi connectivity index (χ0n) is 8.41. The fourth-order valence-electron chi connectivity index (χ4n) is 1.69. The van der Waals surface area contributed by atoms with Gasteiger partial charge in [-0.05, 0) is 19.3 Å². The number of aliphatic hydroxyl groups is 1. The van der Waals surface area contributed by atoms with E-state index >= 15 is 0 Å². The van der Waals surface area contributed by atoms with Gasteiger partial charge in [0.15, 0.2) is 0 Å². The van der Waals surface area contributed by atoms with Gasteiger partial charge in [-0.1, -0.05) is 28.8 Å². The molecule has 1 unspecified atom stereocenters. The first-order chi connectivity index (χ1) is 6.75. The fourth-order valence-corrected chi connectivity index (χ4v) is 2.19. The van der Waals surface area contributed by atoms with Crippen LogP contribution in [0.3, 0.4) is 0 Å². The van der Waals surface area contributed by atoms with Gasteiger partial charge >= 0.3 is 0 Å². The Hall–Kier alpha value is -0.0900. The summed E-state index contributed by atoms with van der Waals surface area (Å²) in [5.74, 6) is 0.243. The van der Waals surface area contributed by atoms with Crippen LogP contribution >= 0.6 is 15.9 Å². The number of likely N-dealkylation sites (tertiary alicyclic amines) is 1. The first kappa shape index (κ1) is 12.0. The van der Waals surface area contributed by atoms with Crippen LogP contribution in [0.2, 0.25) is 0 Å². The number of carbonyl (C=O) groups is 1. The van der Waals surface area contributed by atoms with Gasteiger partial charge in [0.2, 0.25) is 5.91 Å². The minimum atomic E-state index is 0.0555. The zero-order valence-corrected chi connectivity index (χ0v) is 10.0. The molecule has 1 heterocycles. The van der Waals surface area contributed by atoms with Crippen LogP contribution in [0.5, 0.6) is 0 Å². The zero-order chi connectivity index (χ0) is 10.4. The molecular weight excluding hydrogens is 246 g/mol. The number of nitrogens with zero attached hydrogens (tertiary/aromatic N) is 1. The van der Waals surface area contributed by atoms with E-state index in [0.717, 1.165) is 45.2 Å². The maximum absolute atomic E-state index is 11.5. The predicted octanol–water partition coefficient (Wildman–Crippen LogP) is 1.53. The number of rotatable bonds is 6. The van der Waals surface area contributed by atoms with Crippen molar-refractivity contribution in [1.82, 2.24) is 4.90 Å². The summed E-state index contributed by atoms with van der Waals surface area (Å²) in [5.41, 5.74) is 0. The molecule has 0 spiro atoms. The number of unbranched alkanes of at least 4 members (excludes halogenated alkanes) is 3. The van der Waals surface area contributed by atoms with Gasteiger partial charge in [-0.15, -0.1) is 0 Å². The van der Waals surface area contributed by atoms with Gasteiger partial charge in [0.1, 0.15) is 0 Å². The van der Waals surface area contributed by atoms with Crippen molar-refractivity contribution in [3.63, 3.8) is 0 Å². The number of aliphatic hydroxyl groups excluding tert-OH is 1. The fraction of sp³-hybridized carbons (Fsp3) is 0.900. The lowest BCUT2D eigenvalue weighted by molar-refractivity contribution is -0.127. The number of carbonyl (C=O) groups excluding carboxylic acids is 1. The summed E-state index contributed by atoms with van der Waals surface area (Å²) in [7, 11) is 0. The van der Waals surface area contributed by atoms with Crippen molar-refractivity contribution in [2.75, 3.05) is 19.7 Å². The highest BCUT2D eigenvalue weighted by atomic mass is 79.9. The van der Waals surface area contributed by atoms with Gasteiger partial charge in [-0.2, -0.15) is 0 Å². The van der Waals surface area contributed by atoms with E-state index in [1.807, 2.05) is 4.90 Å². The van der Waals surface area contributed by atoms with E-state index in [4.69, 9.17) is 5.11 Å². The van der Waals surface area contributed by atoms with Crippen molar-refractivity contribution in [1.29, 1.82) is 0 Å². The van der Waals surface area contributed by atoms with Crippen molar-refractivity contribution >= 4 is 21.8 Å². The van der Waals surface area contributed by atoms with Crippen LogP contribution in [0.15, 0.2) is 0 Å². The molecule has 0 aromatic rings. The predicted molar refractivity (Wildman–Crippen MR) is 59.5 cm³/mol. The molecule has 1 aliphatic heterocycles. The summed E-state index contributed by atoms with van der Waals surface area (Å²) in [6.07, 6.45) is 5.06. The van der Waals surface area contributed by atoms with E-state index in [9.17, 15) is 4.79 Å². The van der Waals surface area contributed by atoms with Crippen LogP contribution in [0.1, 0.15) is 32.1 Å². The average molecular weight is 264 g/mol. The van der Waals surface area contributed by atoms with Crippen LogP contribution in [-0.2, 0) is 4.79 Å². The summed E-state index contributed by atoms with van der Waals surface area (Å²) in [5, 5.41) is 8.58. The molecule has 0 bridgehead atoms. The molecule has 1 atom stereocenters. The Labute approximate surface area is 93.6 Å². The Kier molecular flexibility index (Phi) is 5.48. The quantitative estimate of drug-likeness (QED) is 0.584. The average Bonchev–Trinajstić information content (AvgIpc) is 2.49. The van der Waals surface area contributed by atoms with E-state index in [2.05, 4.69) is 15.9 Å². The van der Waals surface area contributed by atoms with Gasteiger partial charge in [0.05, 0.1) is 4.83 Å². The van der Waals surface area contributed by atoms with Crippen LogP contribution in [0, 0.1) is 0 Å². The molecule has 14 heavy (non-hydrogen) atoms. The summed E-state index contributed by atoms with van der Waals surface area (Å²) < 4.78 is 0. The van der Waals surface area contributed by atoms with Crippen molar-refractivity contribution in [3.05, 3.63) is 0 Å². The topological polar surface area (TPSA) is 40.5 Å². The van der Waals surface area contributed by atoms with Crippen molar-refractivity contribution < 1.29 is 9.90 Å². The molecule has 4 heteroatoms. The molecule has 0 aromatic carbocycles. The second-order valence-electron chi connectivity index (χ2n) is 3.72. The molecular formula is C10H18BrNO2. The number of hydrogen-bond acceptors (Lipinski definition) is 2. The highest BCUT2D eigenvalue weighted by Gasteiger charge is 2.28. The van der Waals surface area contributed by atoms with Gasteiger partial charge in [0.25, 0.3) is 0 Å². The summed E-state index contributed by atoms with van der Waals surface area (Å²) >= 11 is 3.35.